The number of primary amides is 1. The third kappa shape index (κ3) is 1.75. The Morgan fingerprint density at radius 1 is 1.27 bits per heavy atom. The summed E-state index contributed by atoms with van der Waals surface area (Å²) in [6, 6.07) is 4.69. The molecule has 0 saturated carbocycles. The zero-order valence-corrected chi connectivity index (χ0v) is 7.66. The van der Waals surface area contributed by atoms with Gasteiger partial charge in [0, 0.05) is 12.3 Å². The number of carbonyl (C=O) groups excluding carboxylic acids is 1. The van der Waals surface area contributed by atoms with E-state index in [1.807, 2.05) is 0 Å². The van der Waals surface area contributed by atoms with Crippen molar-refractivity contribution < 1.29 is 4.79 Å². The van der Waals surface area contributed by atoms with Gasteiger partial charge in [-0.05, 0) is 12.1 Å². The molecule has 2 aromatic heterocycles. The van der Waals surface area contributed by atoms with Crippen LogP contribution in [0, 0.1) is 0 Å². The Labute approximate surface area is 84.7 Å². The number of rotatable bonds is 2. The second-order valence-corrected chi connectivity index (χ2v) is 2.83. The Morgan fingerprint density at radius 2 is 2.07 bits per heavy atom. The first-order chi connectivity index (χ1) is 7.16. The van der Waals surface area contributed by atoms with Crippen LogP contribution < -0.4 is 11.5 Å². The van der Waals surface area contributed by atoms with Crippen molar-refractivity contribution in [1.29, 1.82) is 0 Å². The first-order valence-electron chi connectivity index (χ1n) is 4.12. The summed E-state index contributed by atoms with van der Waals surface area (Å²) in [6.07, 6.45) is 1.64. The summed E-state index contributed by atoms with van der Waals surface area (Å²) in [5.74, 6) is 0.238. The highest BCUT2D eigenvalue weighted by Gasteiger charge is 2.04. The number of hydrogen-bond acceptors (Lipinski definition) is 5. The van der Waals surface area contributed by atoms with Crippen molar-refractivity contribution in [2.24, 2.45) is 5.73 Å². The molecule has 2 heterocycles. The lowest BCUT2D eigenvalue weighted by atomic mass is 10.4. The predicted octanol–water partition coefficient (Wildman–Crippen LogP) is -0.657. The number of nitrogens with zero attached hydrogens (tertiary/aromatic N) is 4. The molecule has 7 heteroatoms. The molecule has 2 rings (SSSR count). The van der Waals surface area contributed by atoms with E-state index in [-0.39, 0.29) is 5.69 Å². The average molecular weight is 204 g/mol. The van der Waals surface area contributed by atoms with Crippen LogP contribution in [0.25, 0.3) is 5.82 Å². The van der Waals surface area contributed by atoms with E-state index in [2.05, 4.69) is 15.3 Å². The smallest absolute Gasteiger partial charge is 0.269 e. The maximum Gasteiger partial charge on any atom is 0.269 e. The molecule has 0 aliphatic heterocycles. The Kier molecular flexibility index (Phi) is 2.05. The maximum atomic E-state index is 10.7. The van der Waals surface area contributed by atoms with Gasteiger partial charge < -0.3 is 11.5 Å². The van der Waals surface area contributed by atoms with Gasteiger partial charge in [-0.3, -0.25) is 4.79 Å². The molecule has 0 aliphatic rings. The van der Waals surface area contributed by atoms with Crippen LogP contribution >= 0.6 is 0 Å². The number of nitrogen functional groups attached to an aromatic ring is 1. The summed E-state index contributed by atoms with van der Waals surface area (Å²) in [6.45, 7) is 0. The lowest BCUT2D eigenvalue weighted by molar-refractivity contribution is 0.0994. The van der Waals surface area contributed by atoms with E-state index in [0.717, 1.165) is 0 Å². The van der Waals surface area contributed by atoms with Crippen molar-refractivity contribution >= 4 is 11.7 Å². The Bertz CT molecular complexity index is 488. The van der Waals surface area contributed by atoms with Gasteiger partial charge in [-0.15, -0.1) is 15.3 Å². The molecular weight excluding hydrogens is 196 g/mol. The minimum Gasteiger partial charge on any atom is -0.382 e. The maximum absolute atomic E-state index is 10.7. The number of anilines is 1. The van der Waals surface area contributed by atoms with Gasteiger partial charge in [-0.25, -0.2) is 4.68 Å². The highest BCUT2D eigenvalue weighted by atomic mass is 16.1. The van der Waals surface area contributed by atoms with Gasteiger partial charge in [0.05, 0.1) is 0 Å². The van der Waals surface area contributed by atoms with Crippen LogP contribution in [0.15, 0.2) is 24.4 Å². The van der Waals surface area contributed by atoms with Crippen molar-refractivity contribution in [3.05, 3.63) is 30.1 Å². The summed E-state index contributed by atoms with van der Waals surface area (Å²) >= 11 is 0. The van der Waals surface area contributed by atoms with E-state index >= 15 is 0 Å². The van der Waals surface area contributed by atoms with Crippen LogP contribution in [0.3, 0.4) is 0 Å². The summed E-state index contributed by atoms with van der Waals surface area (Å²) in [4.78, 5) is 10.7. The summed E-state index contributed by atoms with van der Waals surface area (Å²) < 4.78 is 1.45. The summed E-state index contributed by atoms with van der Waals surface area (Å²) in [5.41, 5.74) is 10.6. The van der Waals surface area contributed by atoms with Crippen molar-refractivity contribution in [2.45, 2.75) is 0 Å². The van der Waals surface area contributed by atoms with Gasteiger partial charge in [-0.1, -0.05) is 0 Å². The van der Waals surface area contributed by atoms with E-state index < -0.39 is 5.91 Å². The zero-order chi connectivity index (χ0) is 10.8. The molecule has 0 radical (unpaired) electrons. The van der Waals surface area contributed by atoms with Crippen molar-refractivity contribution in [1.82, 2.24) is 20.0 Å². The quantitative estimate of drug-likeness (QED) is 0.674. The van der Waals surface area contributed by atoms with Gasteiger partial charge in [-0.2, -0.15) is 0 Å². The minimum absolute atomic E-state index is 0.110. The van der Waals surface area contributed by atoms with E-state index in [1.165, 1.54) is 10.7 Å². The third-order valence-electron chi connectivity index (χ3n) is 1.75. The second kappa shape index (κ2) is 3.37. The Hall–Kier alpha value is -2.44. The van der Waals surface area contributed by atoms with E-state index in [1.54, 1.807) is 18.3 Å². The van der Waals surface area contributed by atoms with Gasteiger partial charge in [0.1, 0.15) is 5.82 Å². The zero-order valence-electron chi connectivity index (χ0n) is 7.66. The fraction of sp³-hybridized carbons (Fsp3) is 0. The molecule has 0 atom stereocenters. The molecule has 1 amide bonds. The van der Waals surface area contributed by atoms with Crippen molar-refractivity contribution in [3.63, 3.8) is 0 Å². The molecule has 7 nitrogen and oxygen atoms in total. The molecular formula is C8H8N6O. The van der Waals surface area contributed by atoms with Crippen LogP contribution in [-0.2, 0) is 0 Å². The van der Waals surface area contributed by atoms with Crippen LogP contribution in [0.2, 0.25) is 0 Å². The largest absolute Gasteiger partial charge is 0.382 e. The third-order valence-corrected chi connectivity index (χ3v) is 1.75. The van der Waals surface area contributed by atoms with Crippen LogP contribution in [-0.4, -0.2) is 25.9 Å². The molecule has 76 valence electrons. The van der Waals surface area contributed by atoms with Crippen LogP contribution in [0.4, 0.5) is 5.82 Å². The molecule has 0 aromatic carbocycles. The van der Waals surface area contributed by atoms with E-state index in [4.69, 9.17) is 11.5 Å². The fourth-order valence-corrected chi connectivity index (χ4v) is 1.04. The molecule has 4 N–H and O–H groups in total. The topological polar surface area (TPSA) is 113 Å². The highest BCUT2D eigenvalue weighted by molar-refractivity contribution is 5.90. The molecule has 0 bridgehead atoms. The molecule has 2 aromatic rings. The molecule has 0 fully saturated rings. The monoisotopic (exact) mass is 204 g/mol. The number of aromatic nitrogens is 4. The lowest BCUT2D eigenvalue weighted by Gasteiger charge is -1.98. The van der Waals surface area contributed by atoms with Gasteiger partial charge in [0.25, 0.3) is 5.91 Å². The number of nitrogens with two attached hydrogens (primary N) is 2. The van der Waals surface area contributed by atoms with Gasteiger partial charge in [0.2, 0.25) is 0 Å². The Morgan fingerprint density at radius 3 is 2.53 bits per heavy atom. The second-order valence-electron chi connectivity index (χ2n) is 2.83. The first kappa shape index (κ1) is 9.13. The molecule has 0 aliphatic carbocycles. The predicted molar refractivity (Wildman–Crippen MR) is 52.1 cm³/mol. The SMILES string of the molecule is NC(=O)c1ccc(-n2ccc(N)n2)nn1. The van der Waals surface area contributed by atoms with E-state index in [9.17, 15) is 4.79 Å². The molecule has 0 spiro atoms. The number of hydrogen-bond donors (Lipinski definition) is 2. The van der Waals surface area contributed by atoms with Crippen molar-refractivity contribution in [2.75, 3.05) is 5.73 Å². The summed E-state index contributed by atoms with van der Waals surface area (Å²) in [7, 11) is 0. The standard InChI is InChI=1S/C8H8N6O/c9-6-3-4-14(13-6)7-2-1-5(8(10)15)11-12-7/h1-4H,(H2,9,13)(H2,10,15). The first-order valence-corrected chi connectivity index (χ1v) is 4.12. The minimum atomic E-state index is -0.617. The van der Waals surface area contributed by atoms with E-state index in [0.29, 0.717) is 11.6 Å². The Balaban J connectivity index is 2.35. The molecule has 15 heavy (non-hydrogen) atoms. The van der Waals surface area contributed by atoms with Crippen LogP contribution in [0.5, 0.6) is 0 Å². The van der Waals surface area contributed by atoms with Crippen LogP contribution in [0.1, 0.15) is 10.5 Å². The number of carbonyl (C=O) groups is 1. The number of amides is 1. The van der Waals surface area contributed by atoms with Crippen molar-refractivity contribution in [3.8, 4) is 5.82 Å². The van der Waals surface area contributed by atoms with Gasteiger partial charge in [0.15, 0.2) is 11.5 Å². The molecule has 0 saturated heterocycles. The highest BCUT2D eigenvalue weighted by Crippen LogP contribution is 2.04. The fourth-order valence-electron chi connectivity index (χ4n) is 1.04. The summed E-state index contributed by atoms with van der Waals surface area (Å²) in [5, 5.41) is 11.3. The molecule has 0 unspecified atom stereocenters. The average Bonchev–Trinajstić information content (AvgIpc) is 2.65. The van der Waals surface area contributed by atoms with Gasteiger partial charge >= 0.3 is 0 Å². The lowest BCUT2D eigenvalue weighted by Crippen LogP contribution is -2.14. The normalized spacial score (nSPS) is 10.1.